The fourth-order valence-electron chi connectivity index (χ4n) is 1.76. The lowest BCUT2D eigenvalue weighted by atomic mass is 10.1. The highest BCUT2D eigenvalue weighted by molar-refractivity contribution is 9.10. The van der Waals surface area contributed by atoms with Gasteiger partial charge < -0.3 is 5.73 Å². The van der Waals surface area contributed by atoms with Crippen molar-refractivity contribution >= 4 is 37.5 Å². The molecule has 3 aromatic rings. The van der Waals surface area contributed by atoms with Gasteiger partial charge in [0.1, 0.15) is 5.01 Å². The van der Waals surface area contributed by atoms with Crippen molar-refractivity contribution in [2.24, 2.45) is 5.73 Å². The molecule has 18 heavy (non-hydrogen) atoms. The van der Waals surface area contributed by atoms with Gasteiger partial charge >= 0.3 is 0 Å². The molecule has 0 amide bonds. The molecule has 1 aromatic carbocycles. The van der Waals surface area contributed by atoms with Crippen LogP contribution < -0.4 is 5.73 Å². The Bertz CT molecular complexity index is 662. The Morgan fingerprint density at radius 1 is 1.22 bits per heavy atom. The van der Waals surface area contributed by atoms with Crippen molar-refractivity contribution < 1.29 is 0 Å². The molecule has 0 aliphatic rings. The lowest BCUT2D eigenvalue weighted by Gasteiger charge is -2.08. The summed E-state index contributed by atoms with van der Waals surface area (Å²) in [4.78, 5) is 8.70. The summed E-state index contributed by atoms with van der Waals surface area (Å²) in [6.07, 6.45) is 3.52. The van der Waals surface area contributed by atoms with E-state index < -0.39 is 0 Å². The number of aromatic nitrogens is 2. The number of rotatable bonds is 2. The van der Waals surface area contributed by atoms with Crippen LogP contribution in [0.4, 0.5) is 0 Å². The molecule has 0 radical (unpaired) electrons. The molecule has 0 aliphatic heterocycles. The maximum absolute atomic E-state index is 6.24. The van der Waals surface area contributed by atoms with Gasteiger partial charge in [-0.2, -0.15) is 0 Å². The van der Waals surface area contributed by atoms with Gasteiger partial charge in [-0.05, 0) is 39.7 Å². The van der Waals surface area contributed by atoms with Gasteiger partial charge in [-0.1, -0.05) is 12.1 Å². The Morgan fingerprint density at radius 2 is 2.06 bits per heavy atom. The largest absolute Gasteiger partial charge is 0.318 e. The van der Waals surface area contributed by atoms with Crippen LogP contribution in [0.1, 0.15) is 16.6 Å². The van der Waals surface area contributed by atoms with E-state index in [9.17, 15) is 0 Å². The zero-order valence-corrected chi connectivity index (χ0v) is 11.8. The van der Waals surface area contributed by atoms with Crippen LogP contribution in [0.3, 0.4) is 0 Å². The predicted molar refractivity (Wildman–Crippen MR) is 77.6 cm³/mol. The lowest BCUT2D eigenvalue weighted by molar-refractivity contribution is 0.853. The van der Waals surface area contributed by atoms with E-state index in [1.54, 1.807) is 23.7 Å². The van der Waals surface area contributed by atoms with E-state index in [2.05, 4.69) is 32.0 Å². The Morgan fingerprint density at radius 3 is 2.83 bits per heavy atom. The highest BCUT2D eigenvalue weighted by Crippen LogP contribution is 2.29. The van der Waals surface area contributed by atoms with Gasteiger partial charge in [0.2, 0.25) is 0 Å². The summed E-state index contributed by atoms with van der Waals surface area (Å²) in [6.45, 7) is 0. The number of nitrogens with zero attached hydrogens (tertiary/aromatic N) is 2. The van der Waals surface area contributed by atoms with Crippen LogP contribution in [0, 0.1) is 0 Å². The van der Waals surface area contributed by atoms with Crippen molar-refractivity contribution in [3.05, 3.63) is 57.8 Å². The monoisotopic (exact) mass is 319 g/mol. The third kappa shape index (κ3) is 2.16. The van der Waals surface area contributed by atoms with Gasteiger partial charge in [-0.3, -0.25) is 4.98 Å². The number of halogens is 1. The normalized spacial score (nSPS) is 12.8. The number of pyridine rings is 1. The number of hydrogen-bond acceptors (Lipinski definition) is 4. The number of benzene rings is 1. The Labute approximate surface area is 117 Å². The fourth-order valence-corrected chi connectivity index (χ4v) is 3.14. The molecule has 1 atom stereocenters. The average molecular weight is 320 g/mol. The van der Waals surface area contributed by atoms with E-state index >= 15 is 0 Å². The Kier molecular flexibility index (Phi) is 3.11. The van der Waals surface area contributed by atoms with Crippen molar-refractivity contribution in [1.29, 1.82) is 0 Å². The van der Waals surface area contributed by atoms with Crippen LogP contribution in [-0.4, -0.2) is 9.97 Å². The molecule has 0 saturated heterocycles. The standard InChI is InChI=1S/C13H10BrN3S/c14-9-5-8(6-16-7-9)12(15)13-17-10-3-1-2-4-11(10)18-13/h1-7,12H,15H2. The van der Waals surface area contributed by atoms with Crippen LogP contribution in [0.25, 0.3) is 10.2 Å². The van der Waals surface area contributed by atoms with Crippen LogP contribution in [0.5, 0.6) is 0 Å². The maximum atomic E-state index is 6.24. The Hall–Kier alpha value is -1.30. The van der Waals surface area contributed by atoms with E-state index in [-0.39, 0.29) is 6.04 Å². The third-order valence-electron chi connectivity index (χ3n) is 2.66. The number of fused-ring (bicyclic) bond motifs is 1. The first-order chi connectivity index (χ1) is 8.74. The molecule has 3 rings (SSSR count). The molecule has 2 N–H and O–H groups in total. The summed E-state index contributed by atoms with van der Waals surface area (Å²) in [5, 5.41) is 0.913. The van der Waals surface area contributed by atoms with Crippen molar-refractivity contribution in [3.63, 3.8) is 0 Å². The van der Waals surface area contributed by atoms with E-state index in [4.69, 9.17) is 5.73 Å². The van der Waals surface area contributed by atoms with Crippen LogP contribution >= 0.6 is 27.3 Å². The number of para-hydroxylation sites is 1. The van der Waals surface area contributed by atoms with E-state index in [1.807, 2.05) is 24.3 Å². The molecule has 2 aromatic heterocycles. The van der Waals surface area contributed by atoms with Crippen LogP contribution in [-0.2, 0) is 0 Å². The van der Waals surface area contributed by atoms with Crippen molar-refractivity contribution in [2.75, 3.05) is 0 Å². The van der Waals surface area contributed by atoms with E-state index in [0.717, 1.165) is 25.3 Å². The summed E-state index contributed by atoms with van der Waals surface area (Å²) in [5.41, 5.74) is 8.19. The summed E-state index contributed by atoms with van der Waals surface area (Å²) in [6, 6.07) is 9.80. The van der Waals surface area contributed by atoms with Gasteiger partial charge in [0.25, 0.3) is 0 Å². The van der Waals surface area contributed by atoms with Gasteiger partial charge in [-0.15, -0.1) is 11.3 Å². The minimum atomic E-state index is -0.229. The molecule has 2 heterocycles. The second kappa shape index (κ2) is 4.76. The highest BCUT2D eigenvalue weighted by atomic mass is 79.9. The molecule has 0 aliphatic carbocycles. The SMILES string of the molecule is NC(c1cncc(Br)c1)c1nc2ccccc2s1. The minimum absolute atomic E-state index is 0.229. The van der Waals surface area contributed by atoms with Crippen LogP contribution in [0.15, 0.2) is 47.2 Å². The lowest BCUT2D eigenvalue weighted by Crippen LogP contribution is -2.11. The molecule has 0 fully saturated rings. The summed E-state index contributed by atoms with van der Waals surface area (Å²) in [5.74, 6) is 0. The molecule has 3 nitrogen and oxygen atoms in total. The molecule has 1 unspecified atom stereocenters. The molecular weight excluding hydrogens is 310 g/mol. The van der Waals surface area contributed by atoms with Crippen LogP contribution in [0.2, 0.25) is 0 Å². The first-order valence-corrected chi connectivity index (χ1v) is 7.06. The smallest absolute Gasteiger partial charge is 0.115 e. The summed E-state index contributed by atoms with van der Waals surface area (Å²) < 4.78 is 2.09. The molecule has 0 spiro atoms. The summed E-state index contributed by atoms with van der Waals surface area (Å²) >= 11 is 5.03. The van der Waals surface area contributed by atoms with Gasteiger partial charge in [0.05, 0.1) is 16.3 Å². The van der Waals surface area contributed by atoms with Crippen molar-refractivity contribution in [2.45, 2.75) is 6.04 Å². The first kappa shape index (κ1) is 11.8. The fraction of sp³-hybridized carbons (Fsp3) is 0.0769. The topological polar surface area (TPSA) is 51.8 Å². The maximum Gasteiger partial charge on any atom is 0.115 e. The summed E-state index contributed by atoms with van der Waals surface area (Å²) in [7, 11) is 0. The predicted octanol–water partition coefficient (Wildman–Crippen LogP) is 3.50. The van der Waals surface area contributed by atoms with Gasteiger partial charge in [0.15, 0.2) is 0 Å². The van der Waals surface area contributed by atoms with Crippen molar-refractivity contribution in [1.82, 2.24) is 9.97 Å². The second-order valence-corrected chi connectivity index (χ2v) is 5.91. The quantitative estimate of drug-likeness (QED) is 0.786. The molecule has 0 bridgehead atoms. The molecule has 0 saturated carbocycles. The van der Waals surface area contributed by atoms with E-state index in [1.165, 1.54) is 0 Å². The average Bonchev–Trinajstić information content (AvgIpc) is 2.81. The molecular formula is C13H10BrN3S. The third-order valence-corrected chi connectivity index (χ3v) is 4.21. The van der Waals surface area contributed by atoms with Crippen molar-refractivity contribution in [3.8, 4) is 0 Å². The zero-order chi connectivity index (χ0) is 12.5. The Balaban J connectivity index is 2.03. The molecule has 90 valence electrons. The van der Waals surface area contributed by atoms with E-state index in [0.29, 0.717) is 0 Å². The molecule has 5 heteroatoms. The zero-order valence-electron chi connectivity index (χ0n) is 9.38. The van der Waals surface area contributed by atoms with Gasteiger partial charge in [-0.25, -0.2) is 4.98 Å². The first-order valence-electron chi connectivity index (χ1n) is 5.45. The minimum Gasteiger partial charge on any atom is -0.318 e. The number of nitrogens with two attached hydrogens (primary N) is 1. The number of thiazole rings is 1. The second-order valence-electron chi connectivity index (χ2n) is 3.93. The number of hydrogen-bond donors (Lipinski definition) is 1. The highest BCUT2D eigenvalue weighted by Gasteiger charge is 2.14. The van der Waals surface area contributed by atoms with Gasteiger partial charge in [0, 0.05) is 16.9 Å².